The van der Waals surface area contributed by atoms with Crippen LogP contribution in [0.3, 0.4) is 0 Å². The van der Waals surface area contributed by atoms with E-state index in [1.807, 2.05) is 31.4 Å². The van der Waals surface area contributed by atoms with Crippen LogP contribution in [0.1, 0.15) is 18.7 Å². The summed E-state index contributed by atoms with van der Waals surface area (Å²) < 4.78 is 0. The number of para-hydroxylation sites is 2. The van der Waals surface area contributed by atoms with Crippen molar-refractivity contribution in [2.45, 2.75) is 26.3 Å². The maximum Gasteiger partial charge on any atom is 0.243 e. The second-order valence-corrected chi connectivity index (χ2v) is 7.42. The first kappa shape index (κ1) is 23.6. The lowest BCUT2D eigenvalue weighted by Crippen LogP contribution is -2.46. The molecule has 5 N–H and O–H groups in total. The first-order valence-electron chi connectivity index (χ1n) is 8.61. The number of hydrogen-bond acceptors (Lipinski definition) is 5. The Balaban J connectivity index is 0.00000392. The van der Waals surface area contributed by atoms with E-state index in [-0.39, 0.29) is 43.1 Å². The maximum absolute atomic E-state index is 12.2. The highest BCUT2D eigenvalue weighted by atomic mass is 35.5. The van der Waals surface area contributed by atoms with Crippen molar-refractivity contribution < 1.29 is 14.4 Å². The van der Waals surface area contributed by atoms with Crippen LogP contribution >= 0.6 is 23.7 Å². The fourth-order valence-corrected chi connectivity index (χ4v) is 2.95. The van der Waals surface area contributed by atoms with Crippen LogP contribution in [0.5, 0.6) is 0 Å². The Bertz CT molecular complexity index is 796. The van der Waals surface area contributed by atoms with Gasteiger partial charge < -0.3 is 21.7 Å². The molecule has 0 aliphatic heterocycles. The molecule has 1 heterocycles. The van der Waals surface area contributed by atoms with Gasteiger partial charge in [0.2, 0.25) is 17.7 Å². The highest BCUT2D eigenvalue weighted by molar-refractivity contribution is 7.10. The fourth-order valence-electron chi connectivity index (χ4n) is 2.25. The normalized spacial score (nSPS) is 11.3. The van der Waals surface area contributed by atoms with Gasteiger partial charge in [0.1, 0.15) is 0 Å². The van der Waals surface area contributed by atoms with Crippen LogP contribution in [0.25, 0.3) is 0 Å². The van der Waals surface area contributed by atoms with E-state index in [1.54, 1.807) is 24.3 Å². The molecule has 0 spiro atoms. The van der Waals surface area contributed by atoms with Crippen LogP contribution in [0.4, 0.5) is 11.4 Å². The average molecular weight is 425 g/mol. The van der Waals surface area contributed by atoms with Gasteiger partial charge in [-0.15, -0.1) is 23.7 Å². The molecule has 7 nitrogen and oxygen atoms in total. The SMILES string of the molecule is CC(C)[C@H](N)C(=O)NCC(=O)Nc1ccccc1NC(=O)Cc1cccs1.Cl. The molecule has 1 atom stereocenters. The lowest BCUT2D eigenvalue weighted by Gasteiger charge is -2.16. The minimum absolute atomic E-state index is 0. The molecule has 0 fully saturated rings. The summed E-state index contributed by atoms with van der Waals surface area (Å²) in [5.74, 6) is -0.973. The van der Waals surface area contributed by atoms with Gasteiger partial charge in [-0.25, -0.2) is 0 Å². The smallest absolute Gasteiger partial charge is 0.243 e. The molecule has 1 aromatic carbocycles. The summed E-state index contributed by atoms with van der Waals surface area (Å²) in [7, 11) is 0. The van der Waals surface area contributed by atoms with Gasteiger partial charge >= 0.3 is 0 Å². The van der Waals surface area contributed by atoms with E-state index in [0.717, 1.165) is 4.88 Å². The zero-order valence-corrected chi connectivity index (χ0v) is 17.4. The molecule has 2 rings (SSSR count). The quantitative estimate of drug-likeness (QED) is 0.521. The molecule has 0 aliphatic rings. The number of rotatable bonds is 8. The van der Waals surface area contributed by atoms with Crippen molar-refractivity contribution >= 4 is 52.8 Å². The van der Waals surface area contributed by atoms with Gasteiger partial charge in [-0.3, -0.25) is 14.4 Å². The lowest BCUT2D eigenvalue weighted by molar-refractivity contribution is -0.125. The number of benzene rings is 1. The number of anilines is 2. The second-order valence-electron chi connectivity index (χ2n) is 6.39. The molecule has 9 heteroatoms. The molecule has 3 amide bonds. The number of nitrogens with one attached hydrogen (secondary N) is 3. The Hall–Kier alpha value is -2.42. The van der Waals surface area contributed by atoms with E-state index in [1.165, 1.54) is 11.3 Å². The Labute approximate surface area is 174 Å². The average Bonchev–Trinajstić information content (AvgIpc) is 3.13. The van der Waals surface area contributed by atoms with Crippen molar-refractivity contribution in [3.63, 3.8) is 0 Å². The summed E-state index contributed by atoms with van der Waals surface area (Å²) in [5.41, 5.74) is 6.70. The van der Waals surface area contributed by atoms with Gasteiger partial charge in [-0.1, -0.05) is 32.0 Å². The maximum atomic E-state index is 12.2. The third-order valence-corrected chi connectivity index (χ3v) is 4.71. The highest BCUT2D eigenvalue weighted by Crippen LogP contribution is 2.21. The summed E-state index contributed by atoms with van der Waals surface area (Å²) >= 11 is 1.51. The van der Waals surface area contributed by atoms with E-state index in [9.17, 15) is 14.4 Å². The van der Waals surface area contributed by atoms with E-state index in [0.29, 0.717) is 11.4 Å². The first-order chi connectivity index (χ1) is 12.9. The minimum Gasteiger partial charge on any atom is -0.346 e. The third kappa shape index (κ3) is 7.30. The van der Waals surface area contributed by atoms with E-state index >= 15 is 0 Å². The van der Waals surface area contributed by atoms with Gasteiger partial charge in [0.25, 0.3) is 0 Å². The van der Waals surface area contributed by atoms with Crippen molar-refractivity contribution in [3.05, 3.63) is 46.7 Å². The van der Waals surface area contributed by atoms with Gasteiger partial charge in [-0.05, 0) is 29.5 Å². The molecule has 0 unspecified atom stereocenters. The van der Waals surface area contributed by atoms with Gasteiger partial charge in [-0.2, -0.15) is 0 Å². The Morgan fingerprint density at radius 1 is 1.00 bits per heavy atom. The molecule has 0 aliphatic carbocycles. The molecule has 28 heavy (non-hydrogen) atoms. The summed E-state index contributed by atoms with van der Waals surface area (Å²) in [6.07, 6.45) is 0.267. The molecule has 152 valence electrons. The Morgan fingerprint density at radius 3 is 2.14 bits per heavy atom. The fraction of sp³-hybridized carbons (Fsp3) is 0.316. The van der Waals surface area contributed by atoms with Crippen molar-refractivity contribution in [1.82, 2.24) is 5.32 Å². The summed E-state index contributed by atoms with van der Waals surface area (Å²) in [6, 6.07) is 10.0. The molecule has 0 radical (unpaired) electrons. The number of nitrogens with two attached hydrogens (primary N) is 1. The number of carbonyl (C=O) groups excluding carboxylic acids is 3. The lowest BCUT2D eigenvalue weighted by atomic mass is 10.1. The molecule has 0 bridgehead atoms. The molecule has 0 saturated heterocycles. The topological polar surface area (TPSA) is 113 Å². The first-order valence-corrected chi connectivity index (χ1v) is 9.49. The summed E-state index contributed by atoms with van der Waals surface area (Å²) in [4.78, 5) is 37.1. The summed E-state index contributed by atoms with van der Waals surface area (Å²) in [6.45, 7) is 3.47. The van der Waals surface area contributed by atoms with Crippen molar-refractivity contribution in [2.75, 3.05) is 17.2 Å². The Morgan fingerprint density at radius 2 is 1.61 bits per heavy atom. The molecule has 0 saturated carbocycles. The third-order valence-electron chi connectivity index (χ3n) is 3.83. The molecule has 1 aromatic heterocycles. The molecular formula is C19H25ClN4O3S. The van der Waals surface area contributed by atoms with E-state index in [2.05, 4.69) is 16.0 Å². The molecular weight excluding hydrogens is 400 g/mol. The minimum atomic E-state index is -0.665. The van der Waals surface area contributed by atoms with Crippen LogP contribution < -0.4 is 21.7 Å². The monoisotopic (exact) mass is 424 g/mol. The highest BCUT2D eigenvalue weighted by Gasteiger charge is 2.18. The van der Waals surface area contributed by atoms with Gasteiger partial charge in [0.05, 0.1) is 30.4 Å². The molecule has 2 aromatic rings. The summed E-state index contributed by atoms with van der Waals surface area (Å²) in [5, 5.41) is 9.91. The van der Waals surface area contributed by atoms with Crippen LogP contribution in [0, 0.1) is 5.92 Å². The largest absolute Gasteiger partial charge is 0.346 e. The van der Waals surface area contributed by atoms with E-state index < -0.39 is 11.9 Å². The van der Waals surface area contributed by atoms with Crippen molar-refractivity contribution in [2.24, 2.45) is 11.7 Å². The number of carbonyl (C=O) groups is 3. The van der Waals surface area contributed by atoms with E-state index in [4.69, 9.17) is 5.73 Å². The zero-order valence-electron chi connectivity index (χ0n) is 15.7. The predicted octanol–water partition coefficient (Wildman–Crippen LogP) is 2.39. The Kier molecular flexibility index (Phi) is 9.64. The van der Waals surface area contributed by atoms with Crippen molar-refractivity contribution in [1.29, 1.82) is 0 Å². The van der Waals surface area contributed by atoms with Crippen LogP contribution in [0.15, 0.2) is 41.8 Å². The van der Waals surface area contributed by atoms with Crippen LogP contribution in [-0.4, -0.2) is 30.3 Å². The number of thiophene rings is 1. The van der Waals surface area contributed by atoms with Crippen LogP contribution in [-0.2, 0) is 20.8 Å². The van der Waals surface area contributed by atoms with Crippen LogP contribution in [0.2, 0.25) is 0 Å². The van der Waals surface area contributed by atoms with Gasteiger partial charge in [0.15, 0.2) is 0 Å². The standard InChI is InChI=1S/C19H24N4O3S.ClH/c1-12(2)18(20)19(26)21-11-17(25)23-15-8-4-3-7-14(15)22-16(24)10-13-6-5-9-27-13;/h3-9,12,18H,10-11,20H2,1-2H3,(H,21,26)(H,22,24)(H,23,25);1H/t18-;/m0./s1. The second kappa shape index (κ2) is 11.4. The van der Waals surface area contributed by atoms with Gasteiger partial charge in [0, 0.05) is 4.88 Å². The zero-order chi connectivity index (χ0) is 19.8. The number of halogens is 1. The number of amides is 3. The predicted molar refractivity (Wildman–Crippen MR) is 115 cm³/mol. The number of hydrogen-bond donors (Lipinski definition) is 4. The van der Waals surface area contributed by atoms with Crippen molar-refractivity contribution in [3.8, 4) is 0 Å².